The van der Waals surface area contributed by atoms with Crippen molar-refractivity contribution in [3.8, 4) is 0 Å². The van der Waals surface area contributed by atoms with Crippen LogP contribution < -0.4 is 5.73 Å². The molecule has 0 aromatic carbocycles. The summed E-state index contributed by atoms with van der Waals surface area (Å²) >= 11 is 0. The highest BCUT2D eigenvalue weighted by molar-refractivity contribution is 4.90. The van der Waals surface area contributed by atoms with Crippen molar-refractivity contribution in [2.45, 2.75) is 64.0 Å². The van der Waals surface area contributed by atoms with E-state index in [1.807, 2.05) is 0 Å². The van der Waals surface area contributed by atoms with E-state index in [2.05, 4.69) is 18.9 Å². The average Bonchev–Trinajstić information content (AvgIpc) is 2.25. The molecule has 0 bridgehead atoms. The Labute approximate surface area is 101 Å². The summed E-state index contributed by atoms with van der Waals surface area (Å²) in [6.07, 6.45) is 9.79. The molecule has 2 heteroatoms. The number of hydrogen-bond donors (Lipinski definition) is 1. The monoisotopic (exact) mass is 224 g/mol. The minimum atomic E-state index is 0.758. The van der Waals surface area contributed by atoms with Crippen LogP contribution in [0.1, 0.15) is 51.9 Å². The summed E-state index contributed by atoms with van der Waals surface area (Å²) in [6.45, 7) is 3.23. The third-order valence-electron chi connectivity index (χ3n) is 5.12. The van der Waals surface area contributed by atoms with Crippen LogP contribution in [0.25, 0.3) is 0 Å². The lowest BCUT2D eigenvalue weighted by atomic mass is 9.75. The second-order valence-electron chi connectivity index (χ2n) is 5.90. The number of hydrogen-bond acceptors (Lipinski definition) is 2. The Morgan fingerprint density at radius 1 is 1.19 bits per heavy atom. The predicted molar refractivity (Wildman–Crippen MR) is 69.4 cm³/mol. The maximum atomic E-state index is 5.95. The van der Waals surface area contributed by atoms with Gasteiger partial charge in [-0.1, -0.05) is 26.2 Å². The van der Waals surface area contributed by atoms with Crippen molar-refractivity contribution in [2.24, 2.45) is 17.6 Å². The molecule has 0 amide bonds. The first-order valence-corrected chi connectivity index (χ1v) is 7.18. The van der Waals surface area contributed by atoms with Gasteiger partial charge in [0.1, 0.15) is 0 Å². The Balaban J connectivity index is 1.95. The molecule has 0 radical (unpaired) electrons. The molecular weight excluding hydrogens is 196 g/mol. The zero-order chi connectivity index (χ0) is 11.5. The fourth-order valence-corrected chi connectivity index (χ4v) is 3.50. The van der Waals surface area contributed by atoms with Gasteiger partial charge in [0.05, 0.1) is 0 Å². The van der Waals surface area contributed by atoms with Gasteiger partial charge in [0.15, 0.2) is 0 Å². The van der Waals surface area contributed by atoms with E-state index in [1.54, 1.807) is 0 Å². The highest BCUT2D eigenvalue weighted by atomic mass is 15.2. The third-order valence-corrected chi connectivity index (χ3v) is 5.12. The molecule has 0 saturated heterocycles. The molecule has 3 atom stereocenters. The molecular formula is C14H28N2. The molecule has 2 N–H and O–H groups in total. The summed E-state index contributed by atoms with van der Waals surface area (Å²) < 4.78 is 0. The van der Waals surface area contributed by atoms with Gasteiger partial charge >= 0.3 is 0 Å². The van der Waals surface area contributed by atoms with Crippen LogP contribution in [0, 0.1) is 11.8 Å². The lowest BCUT2D eigenvalue weighted by Gasteiger charge is -2.46. The fraction of sp³-hybridized carbons (Fsp3) is 1.00. The van der Waals surface area contributed by atoms with Gasteiger partial charge in [0.25, 0.3) is 0 Å². The molecule has 2 rings (SSSR count). The zero-order valence-electron chi connectivity index (χ0n) is 11.0. The summed E-state index contributed by atoms with van der Waals surface area (Å²) in [5.74, 6) is 1.71. The van der Waals surface area contributed by atoms with Gasteiger partial charge in [-0.05, 0) is 51.1 Å². The maximum Gasteiger partial charge on any atom is 0.0138 e. The Morgan fingerprint density at radius 2 is 1.94 bits per heavy atom. The van der Waals surface area contributed by atoms with E-state index < -0.39 is 0 Å². The van der Waals surface area contributed by atoms with Crippen molar-refractivity contribution in [1.29, 1.82) is 0 Å². The number of nitrogens with two attached hydrogens (primary N) is 1. The van der Waals surface area contributed by atoms with Crippen LogP contribution in [0.5, 0.6) is 0 Å². The topological polar surface area (TPSA) is 29.3 Å². The van der Waals surface area contributed by atoms with Crippen LogP contribution in [-0.4, -0.2) is 30.6 Å². The van der Waals surface area contributed by atoms with Crippen molar-refractivity contribution in [2.75, 3.05) is 13.6 Å². The molecule has 0 aromatic heterocycles. The van der Waals surface area contributed by atoms with Crippen LogP contribution in [0.15, 0.2) is 0 Å². The highest BCUT2D eigenvalue weighted by Crippen LogP contribution is 2.36. The maximum absolute atomic E-state index is 5.95. The van der Waals surface area contributed by atoms with E-state index in [0.717, 1.165) is 30.5 Å². The van der Waals surface area contributed by atoms with Crippen LogP contribution in [-0.2, 0) is 0 Å². The zero-order valence-corrected chi connectivity index (χ0v) is 11.0. The second kappa shape index (κ2) is 5.50. The smallest absolute Gasteiger partial charge is 0.0138 e. The van der Waals surface area contributed by atoms with Crippen molar-refractivity contribution in [3.05, 3.63) is 0 Å². The predicted octanol–water partition coefficient (Wildman–Crippen LogP) is 2.62. The molecule has 94 valence electrons. The van der Waals surface area contributed by atoms with Gasteiger partial charge < -0.3 is 10.6 Å². The minimum absolute atomic E-state index is 0.758. The van der Waals surface area contributed by atoms with Crippen LogP contribution >= 0.6 is 0 Å². The van der Waals surface area contributed by atoms with Crippen LogP contribution in [0.4, 0.5) is 0 Å². The van der Waals surface area contributed by atoms with Crippen LogP contribution in [0.3, 0.4) is 0 Å². The van der Waals surface area contributed by atoms with E-state index in [-0.39, 0.29) is 0 Å². The van der Waals surface area contributed by atoms with E-state index in [0.29, 0.717) is 0 Å². The normalized spacial score (nSPS) is 36.4. The molecule has 16 heavy (non-hydrogen) atoms. The van der Waals surface area contributed by atoms with E-state index >= 15 is 0 Å². The molecule has 2 nitrogen and oxygen atoms in total. The Bertz CT molecular complexity index is 213. The van der Waals surface area contributed by atoms with Gasteiger partial charge in [-0.15, -0.1) is 0 Å². The first-order chi connectivity index (χ1) is 7.76. The summed E-state index contributed by atoms with van der Waals surface area (Å²) in [5.41, 5.74) is 5.95. The van der Waals surface area contributed by atoms with E-state index in [1.165, 1.54) is 44.9 Å². The molecule has 0 heterocycles. The molecule has 0 spiro atoms. The summed E-state index contributed by atoms with van der Waals surface area (Å²) in [6, 6.07) is 1.64. The molecule has 2 saturated carbocycles. The fourth-order valence-electron chi connectivity index (χ4n) is 3.50. The summed E-state index contributed by atoms with van der Waals surface area (Å²) in [4.78, 5) is 2.67. The first kappa shape index (κ1) is 12.4. The van der Waals surface area contributed by atoms with Crippen LogP contribution in [0.2, 0.25) is 0 Å². The number of rotatable bonds is 4. The molecule has 2 aliphatic rings. The van der Waals surface area contributed by atoms with E-state index in [9.17, 15) is 0 Å². The quantitative estimate of drug-likeness (QED) is 0.795. The molecule has 3 unspecified atom stereocenters. The van der Waals surface area contributed by atoms with Gasteiger partial charge in [-0.2, -0.15) is 0 Å². The van der Waals surface area contributed by atoms with Gasteiger partial charge in [-0.25, -0.2) is 0 Å². The Hall–Kier alpha value is -0.0800. The Morgan fingerprint density at radius 3 is 2.44 bits per heavy atom. The van der Waals surface area contributed by atoms with Gasteiger partial charge in [0.2, 0.25) is 0 Å². The van der Waals surface area contributed by atoms with Gasteiger partial charge in [-0.3, -0.25) is 0 Å². The third kappa shape index (κ3) is 2.43. The highest BCUT2D eigenvalue weighted by Gasteiger charge is 2.35. The first-order valence-electron chi connectivity index (χ1n) is 7.18. The molecule has 2 aliphatic carbocycles. The summed E-state index contributed by atoms with van der Waals surface area (Å²) in [7, 11) is 2.34. The lowest BCUT2D eigenvalue weighted by Crippen LogP contribution is -2.51. The average molecular weight is 224 g/mol. The van der Waals surface area contributed by atoms with Crippen molar-refractivity contribution in [1.82, 2.24) is 4.90 Å². The SMILES string of the molecule is CCC1CCC(CN)C(N(C)C2CCC2)C1. The largest absolute Gasteiger partial charge is 0.330 e. The summed E-state index contributed by atoms with van der Waals surface area (Å²) in [5, 5.41) is 0. The number of nitrogens with zero attached hydrogens (tertiary/aromatic N) is 1. The van der Waals surface area contributed by atoms with Crippen molar-refractivity contribution < 1.29 is 0 Å². The van der Waals surface area contributed by atoms with Crippen molar-refractivity contribution in [3.63, 3.8) is 0 Å². The lowest BCUT2D eigenvalue weighted by molar-refractivity contribution is 0.0384. The molecule has 2 fully saturated rings. The van der Waals surface area contributed by atoms with Crippen molar-refractivity contribution >= 4 is 0 Å². The minimum Gasteiger partial charge on any atom is -0.330 e. The molecule has 0 aromatic rings. The van der Waals surface area contributed by atoms with Gasteiger partial charge in [0, 0.05) is 12.1 Å². The molecule has 0 aliphatic heterocycles. The second-order valence-corrected chi connectivity index (χ2v) is 5.90. The Kier molecular flexibility index (Phi) is 4.26. The van der Waals surface area contributed by atoms with E-state index in [4.69, 9.17) is 5.73 Å². The standard InChI is InChI=1S/C14H28N2/c1-3-11-7-8-12(10-15)14(9-11)16(2)13-5-4-6-13/h11-14H,3-10,15H2,1-2H3.